The normalized spacial score (nSPS) is 11.3. The molecule has 0 saturated carbocycles. The van der Waals surface area contributed by atoms with Crippen LogP contribution in [0.1, 0.15) is 0 Å². The fourth-order valence-corrected chi connectivity index (χ4v) is 1.37. The van der Waals surface area contributed by atoms with Crippen molar-refractivity contribution in [2.75, 3.05) is 0 Å². The lowest BCUT2D eigenvalue weighted by Crippen LogP contribution is -2.07. The smallest absolute Gasteiger partial charge is 0.324 e. The zero-order valence-corrected chi connectivity index (χ0v) is 11.0. The Morgan fingerprint density at radius 2 is 1.20 bits per heavy atom. The van der Waals surface area contributed by atoms with E-state index in [1.54, 1.807) is 0 Å². The van der Waals surface area contributed by atoms with Crippen molar-refractivity contribution in [2.24, 2.45) is 0 Å². The molecule has 0 fully saturated rings. The lowest BCUT2D eigenvalue weighted by Gasteiger charge is -1.92. The maximum Gasteiger partial charge on any atom is 0.449 e. The summed E-state index contributed by atoms with van der Waals surface area (Å²) in [6.45, 7) is 0. The first-order valence-electron chi connectivity index (χ1n) is 4.48. The number of aromatic nitrogens is 4. The molecule has 0 aliphatic carbocycles. The van der Waals surface area contributed by atoms with Crippen molar-refractivity contribution >= 4 is 20.8 Å². The molecule has 112 valence electrons. The van der Waals surface area contributed by atoms with Gasteiger partial charge >= 0.3 is 32.8 Å². The molecular weight excluding hydrogens is 320 g/mol. The van der Waals surface area contributed by atoms with E-state index in [9.17, 15) is 16.8 Å². The van der Waals surface area contributed by atoms with Gasteiger partial charge in [0.15, 0.2) is 0 Å². The molecule has 0 atom stereocenters. The number of nitrogens with zero attached hydrogens (tertiary/aromatic N) is 2. The van der Waals surface area contributed by atoms with Gasteiger partial charge in [0.1, 0.15) is 0 Å². The van der Waals surface area contributed by atoms with Crippen LogP contribution in [0.2, 0.25) is 0 Å². The zero-order valence-electron chi connectivity index (χ0n) is 9.36. The molecule has 2 rings (SSSR count). The van der Waals surface area contributed by atoms with Gasteiger partial charge in [0.2, 0.25) is 0 Å². The van der Waals surface area contributed by atoms with Crippen LogP contribution >= 0.6 is 0 Å². The fourth-order valence-electron chi connectivity index (χ4n) is 0.792. The van der Waals surface area contributed by atoms with Gasteiger partial charge in [-0.3, -0.25) is 9.11 Å². The van der Waals surface area contributed by atoms with Gasteiger partial charge < -0.3 is 18.3 Å². The number of rotatable bonds is 4. The van der Waals surface area contributed by atoms with E-state index in [1.807, 2.05) is 0 Å². The van der Waals surface area contributed by atoms with Crippen LogP contribution in [0.4, 0.5) is 0 Å². The summed E-state index contributed by atoms with van der Waals surface area (Å²) in [7, 11) is -8.88. The molecule has 14 heteroatoms. The highest BCUT2D eigenvalue weighted by Gasteiger charge is 2.07. The van der Waals surface area contributed by atoms with Gasteiger partial charge in [-0.1, -0.05) is 0 Å². The Bertz CT molecular complexity index is 641. The summed E-state index contributed by atoms with van der Waals surface area (Å²) in [6.07, 6.45) is 5.31. The SMILES string of the molecule is O=S(=O)(O)Oc1ncc[nH]1.O=S(=O)(O)Oc1ncc[nH]1. The highest BCUT2D eigenvalue weighted by Crippen LogP contribution is 2.01. The number of nitrogens with one attached hydrogen (secondary N) is 2. The van der Waals surface area contributed by atoms with Gasteiger partial charge in [-0.2, -0.15) is 16.8 Å². The van der Waals surface area contributed by atoms with Gasteiger partial charge in [-0.05, 0) is 0 Å². The summed E-state index contributed by atoms with van der Waals surface area (Å²) in [5.41, 5.74) is 0. The van der Waals surface area contributed by atoms with Gasteiger partial charge in [0.25, 0.3) is 0 Å². The first kappa shape index (κ1) is 15.9. The molecule has 0 spiro atoms. The van der Waals surface area contributed by atoms with E-state index in [4.69, 9.17) is 9.11 Å². The Morgan fingerprint density at radius 1 is 0.850 bits per heavy atom. The number of H-pyrrole nitrogens is 2. The Kier molecular flexibility index (Phi) is 5.03. The molecule has 2 aromatic rings. The van der Waals surface area contributed by atoms with Crippen LogP contribution in [-0.2, 0) is 20.8 Å². The molecule has 2 heterocycles. The van der Waals surface area contributed by atoms with Crippen molar-refractivity contribution in [1.82, 2.24) is 19.9 Å². The van der Waals surface area contributed by atoms with Crippen LogP contribution in [0, 0.1) is 0 Å². The standard InChI is InChI=1S/2C3H4N2O4S/c2*6-10(7,8)9-3-4-1-2-5-3/h2*1-2H,(H,4,5)(H,6,7,8). The van der Waals surface area contributed by atoms with E-state index in [1.165, 1.54) is 24.8 Å². The van der Waals surface area contributed by atoms with E-state index >= 15 is 0 Å². The molecule has 0 aliphatic heterocycles. The molecule has 2 aromatic heterocycles. The third-order valence-electron chi connectivity index (χ3n) is 1.31. The minimum Gasteiger partial charge on any atom is -0.324 e. The minimum absolute atomic E-state index is 0.262. The lowest BCUT2D eigenvalue weighted by atomic mass is 11.0. The highest BCUT2D eigenvalue weighted by molar-refractivity contribution is 7.81. The molecule has 0 aliphatic rings. The largest absolute Gasteiger partial charge is 0.449 e. The van der Waals surface area contributed by atoms with E-state index in [0.29, 0.717) is 0 Å². The molecule has 20 heavy (non-hydrogen) atoms. The maximum absolute atomic E-state index is 9.97. The van der Waals surface area contributed by atoms with Crippen molar-refractivity contribution in [3.05, 3.63) is 24.8 Å². The molecule has 0 amide bonds. The Labute approximate surface area is 112 Å². The van der Waals surface area contributed by atoms with Crippen LogP contribution in [0.3, 0.4) is 0 Å². The van der Waals surface area contributed by atoms with E-state index in [2.05, 4.69) is 28.3 Å². The van der Waals surface area contributed by atoms with E-state index in [-0.39, 0.29) is 12.0 Å². The van der Waals surface area contributed by atoms with Crippen LogP contribution in [-0.4, -0.2) is 45.9 Å². The van der Waals surface area contributed by atoms with Crippen LogP contribution in [0.25, 0.3) is 0 Å². The predicted molar refractivity (Wildman–Crippen MR) is 61.5 cm³/mol. The molecule has 0 radical (unpaired) electrons. The maximum atomic E-state index is 9.97. The van der Waals surface area contributed by atoms with Crippen LogP contribution in [0.5, 0.6) is 12.0 Å². The quantitative estimate of drug-likeness (QED) is 0.517. The van der Waals surface area contributed by atoms with Crippen molar-refractivity contribution in [2.45, 2.75) is 0 Å². The second-order valence-electron chi connectivity index (χ2n) is 2.81. The minimum atomic E-state index is -4.44. The van der Waals surface area contributed by atoms with Gasteiger partial charge in [-0.25, -0.2) is 9.97 Å². The number of hydrogen-bond donors (Lipinski definition) is 4. The molecule has 0 bridgehead atoms. The second-order valence-corrected chi connectivity index (χ2v) is 4.86. The van der Waals surface area contributed by atoms with Gasteiger partial charge in [0, 0.05) is 24.8 Å². The van der Waals surface area contributed by atoms with E-state index in [0.717, 1.165) is 0 Å². The number of imidazole rings is 2. The van der Waals surface area contributed by atoms with Crippen LogP contribution in [0.15, 0.2) is 24.8 Å². The van der Waals surface area contributed by atoms with Crippen molar-refractivity contribution in [3.63, 3.8) is 0 Å². The van der Waals surface area contributed by atoms with Gasteiger partial charge in [-0.15, -0.1) is 0 Å². The van der Waals surface area contributed by atoms with Crippen LogP contribution < -0.4 is 8.37 Å². The van der Waals surface area contributed by atoms with E-state index < -0.39 is 20.8 Å². The summed E-state index contributed by atoms with van der Waals surface area (Å²) in [6, 6.07) is -0.523. The first-order valence-corrected chi connectivity index (χ1v) is 7.21. The predicted octanol–water partition coefficient (Wildman–Crippen LogP) is -0.817. The van der Waals surface area contributed by atoms with Crippen molar-refractivity contribution < 1.29 is 34.3 Å². The Morgan fingerprint density at radius 3 is 1.40 bits per heavy atom. The third kappa shape index (κ3) is 7.31. The monoisotopic (exact) mass is 328 g/mol. The summed E-state index contributed by atoms with van der Waals surface area (Å²) in [5, 5.41) is 0. The molecule has 0 saturated heterocycles. The summed E-state index contributed by atoms with van der Waals surface area (Å²) in [4.78, 5) is 11.4. The molecule has 0 unspecified atom stereocenters. The number of aromatic amines is 2. The topological polar surface area (TPSA) is 185 Å². The molecule has 12 nitrogen and oxygen atoms in total. The highest BCUT2D eigenvalue weighted by atomic mass is 32.3. The first-order chi connectivity index (χ1) is 9.16. The second kappa shape index (κ2) is 6.33. The number of hydrogen-bond acceptors (Lipinski definition) is 8. The summed E-state index contributed by atoms with van der Waals surface area (Å²) >= 11 is 0. The molecule has 4 N–H and O–H groups in total. The average Bonchev–Trinajstić information content (AvgIpc) is 2.87. The lowest BCUT2D eigenvalue weighted by molar-refractivity contribution is 0.373. The Balaban J connectivity index is 0.000000200. The third-order valence-corrected chi connectivity index (χ3v) is 2.05. The summed E-state index contributed by atoms with van der Waals surface area (Å²) in [5.74, 6) is 0. The molecular formula is C6H8N4O8S2. The average molecular weight is 328 g/mol. The molecule has 0 aromatic carbocycles. The van der Waals surface area contributed by atoms with Gasteiger partial charge in [0.05, 0.1) is 0 Å². The summed E-state index contributed by atoms with van der Waals surface area (Å²) < 4.78 is 63.9. The fraction of sp³-hybridized carbons (Fsp3) is 0. The Hall–Kier alpha value is -2.16. The van der Waals surface area contributed by atoms with Crippen molar-refractivity contribution in [3.8, 4) is 12.0 Å². The van der Waals surface area contributed by atoms with Crippen molar-refractivity contribution in [1.29, 1.82) is 0 Å². The zero-order chi connectivity index (χ0) is 15.2.